The fourth-order valence-electron chi connectivity index (χ4n) is 4.91. The molecule has 3 atom stereocenters. The summed E-state index contributed by atoms with van der Waals surface area (Å²) in [6, 6.07) is 13.3. The van der Waals surface area contributed by atoms with E-state index in [1.54, 1.807) is 6.07 Å². The van der Waals surface area contributed by atoms with Crippen LogP contribution < -0.4 is 9.46 Å². The number of benzene rings is 2. The second-order valence-electron chi connectivity index (χ2n) is 8.63. The first-order valence-electron chi connectivity index (χ1n) is 11.2. The minimum atomic E-state index is -4.24. The first kappa shape index (κ1) is 24.0. The number of ether oxygens (including phenoxy) is 1. The lowest BCUT2D eigenvalue weighted by Gasteiger charge is -2.46. The molecule has 1 N–H and O–H groups in total. The van der Waals surface area contributed by atoms with E-state index >= 15 is 0 Å². The third-order valence-corrected chi connectivity index (χ3v) is 8.62. The van der Waals surface area contributed by atoms with Gasteiger partial charge in [-0.1, -0.05) is 36.4 Å². The summed E-state index contributed by atoms with van der Waals surface area (Å²) in [7, 11) is -3.90. The SMILES string of the molecule is O=S(=O)(Nc1ncns1)c1ccc2c(c1)OCC[C@@H]2N1CC[C@H](C(F)(F)F)C[C@@H]1c1ccccc1. The van der Waals surface area contributed by atoms with Crippen molar-refractivity contribution in [1.29, 1.82) is 0 Å². The van der Waals surface area contributed by atoms with Crippen LogP contribution in [-0.4, -0.2) is 42.0 Å². The fourth-order valence-corrected chi connectivity index (χ4v) is 6.59. The Hall–Kier alpha value is -2.70. The average Bonchev–Trinajstić information content (AvgIpc) is 3.35. The van der Waals surface area contributed by atoms with Gasteiger partial charge in [-0.2, -0.15) is 17.5 Å². The first-order chi connectivity index (χ1) is 16.7. The molecule has 0 bridgehead atoms. The lowest BCUT2D eigenvalue weighted by molar-refractivity contribution is -0.192. The van der Waals surface area contributed by atoms with Crippen molar-refractivity contribution in [2.75, 3.05) is 17.9 Å². The Morgan fingerprint density at radius 3 is 2.60 bits per heavy atom. The Balaban J connectivity index is 1.46. The van der Waals surface area contributed by atoms with Crippen LogP contribution in [0.3, 0.4) is 0 Å². The monoisotopic (exact) mass is 524 g/mol. The Morgan fingerprint density at radius 1 is 1.09 bits per heavy atom. The van der Waals surface area contributed by atoms with Gasteiger partial charge in [-0.05, 0) is 31.0 Å². The topological polar surface area (TPSA) is 84.4 Å². The fraction of sp³-hybridized carbons (Fsp3) is 0.391. The maximum absolute atomic E-state index is 13.6. The van der Waals surface area contributed by atoms with Crippen molar-refractivity contribution in [1.82, 2.24) is 14.3 Å². The predicted octanol–water partition coefficient (Wildman–Crippen LogP) is 5.18. The van der Waals surface area contributed by atoms with Gasteiger partial charge in [0.25, 0.3) is 10.0 Å². The van der Waals surface area contributed by atoms with Crippen LogP contribution in [0.1, 0.15) is 42.5 Å². The minimum absolute atomic E-state index is 0.0154. The van der Waals surface area contributed by atoms with Gasteiger partial charge >= 0.3 is 6.18 Å². The zero-order chi connectivity index (χ0) is 24.6. The number of likely N-dealkylation sites (tertiary alicyclic amines) is 1. The number of nitrogens with one attached hydrogen (secondary N) is 1. The third-order valence-electron chi connectivity index (χ3n) is 6.58. The Labute approximate surface area is 205 Å². The molecular formula is C23H23F3N4O3S2. The van der Waals surface area contributed by atoms with Gasteiger partial charge in [-0.3, -0.25) is 9.62 Å². The van der Waals surface area contributed by atoms with Crippen LogP contribution in [0.5, 0.6) is 5.75 Å². The molecule has 0 saturated carbocycles. The van der Waals surface area contributed by atoms with Crippen LogP contribution >= 0.6 is 11.5 Å². The summed E-state index contributed by atoms with van der Waals surface area (Å²) in [6.45, 7) is 0.623. The van der Waals surface area contributed by atoms with Crippen LogP contribution in [-0.2, 0) is 10.0 Å². The maximum atomic E-state index is 13.6. The lowest BCUT2D eigenvalue weighted by Crippen LogP contribution is -2.44. The van der Waals surface area contributed by atoms with Crippen molar-refractivity contribution in [3.05, 3.63) is 66.0 Å². The summed E-state index contributed by atoms with van der Waals surface area (Å²) in [5.41, 5.74) is 1.62. The number of hydrogen-bond acceptors (Lipinski definition) is 7. The smallest absolute Gasteiger partial charge is 0.391 e. The van der Waals surface area contributed by atoms with Crippen molar-refractivity contribution >= 4 is 26.7 Å². The van der Waals surface area contributed by atoms with Crippen molar-refractivity contribution in [3.63, 3.8) is 0 Å². The molecule has 7 nitrogen and oxygen atoms in total. The molecule has 1 aromatic heterocycles. The van der Waals surface area contributed by atoms with E-state index in [4.69, 9.17) is 4.74 Å². The van der Waals surface area contributed by atoms with Gasteiger partial charge in [-0.25, -0.2) is 13.4 Å². The molecule has 0 unspecified atom stereocenters. The Kier molecular flexibility index (Phi) is 6.45. The zero-order valence-corrected chi connectivity index (χ0v) is 20.1. The number of halogens is 3. The van der Waals surface area contributed by atoms with Crippen molar-refractivity contribution < 1.29 is 26.3 Å². The molecule has 0 spiro atoms. The number of rotatable bonds is 5. The second kappa shape index (κ2) is 9.40. The molecule has 0 aliphatic carbocycles. The molecular weight excluding hydrogens is 501 g/mol. The summed E-state index contributed by atoms with van der Waals surface area (Å²) >= 11 is 0.923. The third kappa shape index (κ3) is 5.00. The summed E-state index contributed by atoms with van der Waals surface area (Å²) < 4.78 is 78.4. The van der Waals surface area contributed by atoms with Crippen LogP contribution in [0.25, 0.3) is 0 Å². The number of piperidine rings is 1. The van der Waals surface area contributed by atoms with Gasteiger partial charge in [0.1, 0.15) is 12.1 Å². The largest absolute Gasteiger partial charge is 0.493 e. The minimum Gasteiger partial charge on any atom is -0.493 e. The highest BCUT2D eigenvalue weighted by molar-refractivity contribution is 7.93. The molecule has 186 valence electrons. The molecule has 1 saturated heterocycles. The van der Waals surface area contributed by atoms with E-state index in [1.807, 2.05) is 30.3 Å². The predicted molar refractivity (Wildman–Crippen MR) is 125 cm³/mol. The van der Waals surface area contributed by atoms with Crippen LogP contribution in [0, 0.1) is 5.92 Å². The highest BCUT2D eigenvalue weighted by Gasteiger charge is 2.46. The molecule has 0 radical (unpaired) electrons. The molecule has 3 aromatic rings. The van der Waals surface area contributed by atoms with E-state index in [9.17, 15) is 21.6 Å². The normalized spacial score (nSPS) is 23.3. The number of sulfonamides is 1. The van der Waals surface area contributed by atoms with E-state index in [1.165, 1.54) is 18.5 Å². The van der Waals surface area contributed by atoms with Gasteiger partial charge < -0.3 is 4.74 Å². The second-order valence-corrected chi connectivity index (χ2v) is 11.1. The van der Waals surface area contributed by atoms with Crippen LogP contribution in [0.4, 0.5) is 18.3 Å². The Bertz CT molecular complexity index is 1270. The number of aromatic nitrogens is 2. The molecule has 2 aromatic carbocycles. The highest BCUT2D eigenvalue weighted by atomic mass is 32.2. The average molecular weight is 525 g/mol. The van der Waals surface area contributed by atoms with Crippen LogP contribution in [0.15, 0.2) is 59.8 Å². The van der Waals surface area contributed by atoms with Crippen molar-refractivity contribution in [3.8, 4) is 5.75 Å². The van der Waals surface area contributed by atoms with Crippen LogP contribution in [0.2, 0.25) is 0 Å². The Morgan fingerprint density at radius 2 is 1.89 bits per heavy atom. The summed E-state index contributed by atoms with van der Waals surface area (Å²) in [4.78, 5) is 5.98. The molecule has 35 heavy (non-hydrogen) atoms. The molecule has 1 fully saturated rings. The number of nitrogens with zero attached hydrogens (tertiary/aromatic N) is 3. The molecule has 2 aliphatic rings. The van der Waals surface area contributed by atoms with Gasteiger partial charge in [-0.15, -0.1) is 0 Å². The summed E-state index contributed by atoms with van der Waals surface area (Å²) in [5, 5.41) is 0.153. The number of fused-ring (bicyclic) bond motifs is 1. The van der Waals surface area contributed by atoms with E-state index in [-0.39, 0.29) is 35.5 Å². The van der Waals surface area contributed by atoms with E-state index in [0.717, 1.165) is 22.7 Å². The number of alkyl halides is 3. The van der Waals surface area contributed by atoms with Crippen molar-refractivity contribution in [2.24, 2.45) is 5.92 Å². The van der Waals surface area contributed by atoms with Crippen molar-refractivity contribution in [2.45, 2.75) is 42.4 Å². The van der Waals surface area contributed by atoms with Gasteiger partial charge in [0.05, 0.1) is 17.4 Å². The first-order valence-corrected chi connectivity index (χ1v) is 13.4. The summed E-state index contributed by atoms with van der Waals surface area (Å²) in [5.74, 6) is -0.937. The van der Waals surface area contributed by atoms with Gasteiger partial charge in [0.2, 0.25) is 5.13 Å². The number of hydrogen-bond donors (Lipinski definition) is 1. The molecule has 12 heteroatoms. The quantitative estimate of drug-likeness (QED) is 0.495. The molecule has 0 amide bonds. The van der Waals surface area contributed by atoms with Gasteiger partial charge in [0.15, 0.2) is 0 Å². The number of anilines is 1. The lowest BCUT2D eigenvalue weighted by atomic mass is 9.84. The van der Waals surface area contributed by atoms with E-state index < -0.39 is 28.2 Å². The summed E-state index contributed by atoms with van der Waals surface area (Å²) in [6.07, 6.45) is -2.37. The zero-order valence-electron chi connectivity index (χ0n) is 18.5. The maximum Gasteiger partial charge on any atom is 0.391 e. The van der Waals surface area contributed by atoms with E-state index in [0.29, 0.717) is 18.8 Å². The highest BCUT2D eigenvalue weighted by Crippen LogP contribution is 2.48. The molecule has 3 heterocycles. The molecule has 2 aliphatic heterocycles. The van der Waals surface area contributed by atoms with Gasteiger partial charge in [0, 0.05) is 41.7 Å². The standard InChI is InChI=1S/C23H23F3N4O3S2/c24-23(25,26)16-8-10-30(20(12-16)15-4-2-1-3-5-15)19-9-11-33-21-13-17(6-7-18(19)21)35(31,32)29-22-27-14-28-34-22/h1-7,13-14,16,19-20H,8-12H2,(H,27,28,29)/t16-,19-,20+/m0/s1. The van der Waals surface area contributed by atoms with E-state index in [2.05, 4.69) is 19.0 Å². The molecule has 5 rings (SSSR count).